The van der Waals surface area contributed by atoms with E-state index in [2.05, 4.69) is 21.2 Å². The lowest BCUT2D eigenvalue weighted by Crippen LogP contribution is -2.50. The minimum Gasteiger partial charge on any atom is -0.492 e. The predicted octanol–water partition coefficient (Wildman–Crippen LogP) is 1.89. The lowest BCUT2D eigenvalue weighted by molar-refractivity contribution is 0.331. The van der Waals surface area contributed by atoms with Crippen LogP contribution in [0.3, 0.4) is 0 Å². The van der Waals surface area contributed by atoms with E-state index < -0.39 is 10.0 Å². The molecule has 1 aromatic heterocycles. The number of fused-ring (bicyclic) bond motifs is 1. The Morgan fingerprint density at radius 3 is 2.50 bits per heavy atom. The van der Waals surface area contributed by atoms with Crippen LogP contribution in [0.1, 0.15) is 24.1 Å². The molecule has 2 aliphatic rings. The Hall–Kier alpha value is -2.19. The smallest absolute Gasteiger partial charge is 0.217 e. The zero-order valence-electron chi connectivity index (χ0n) is 16.0. The third-order valence-electron chi connectivity index (χ3n) is 5.37. The van der Waals surface area contributed by atoms with Crippen molar-refractivity contribution in [3.63, 3.8) is 0 Å². The maximum atomic E-state index is 12.6. The van der Waals surface area contributed by atoms with E-state index in [1.807, 2.05) is 30.3 Å². The van der Waals surface area contributed by atoms with E-state index in [0.717, 1.165) is 24.4 Å². The fraction of sp³-hybridized carbons (Fsp3) is 0.500. The molecule has 2 heterocycles. The molecule has 0 amide bonds. The molecular formula is C20H26N4O3S. The van der Waals surface area contributed by atoms with Gasteiger partial charge in [-0.15, -0.1) is 5.10 Å². The van der Waals surface area contributed by atoms with Crippen molar-refractivity contribution in [2.75, 3.05) is 43.4 Å². The molecule has 1 fully saturated rings. The lowest BCUT2D eigenvalue weighted by atomic mass is 9.97. The standard InChI is InChI=1S/C20H26N4O3S/c25-28(26,15-14-27-18-7-2-1-3-8-18)24-12-10-23(11-13-24)20-16-17-6-4-5-9-19(17)21-22-20/h1-3,7-8,16H,4-6,9-15H2. The van der Waals surface area contributed by atoms with Crippen LogP contribution in [0.25, 0.3) is 0 Å². The zero-order valence-corrected chi connectivity index (χ0v) is 16.8. The largest absolute Gasteiger partial charge is 0.492 e. The number of aryl methyl sites for hydroxylation is 2. The molecule has 0 N–H and O–H groups in total. The van der Waals surface area contributed by atoms with Crippen molar-refractivity contribution in [2.24, 2.45) is 0 Å². The number of hydrogen-bond acceptors (Lipinski definition) is 6. The Morgan fingerprint density at radius 1 is 0.964 bits per heavy atom. The molecule has 1 saturated heterocycles. The minimum absolute atomic E-state index is 0.0133. The number of rotatable bonds is 6. The quantitative estimate of drug-likeness (QED) is 0.734. The number of aromatic nitrogens is 2. The number of hydrogen-bond donors (Lipinski definition) is 0. The Morgan fingerprint density at radius 2 is 1.71 bits per heavy atom. The van der Waals surface area contributed by atoms with Gasteiger partial charge in [0.05, 0.1) is 11.4 Å². The monoisotopic (exact) mass is 402 g/mol. The summed E-state index contributed by atoms with van der Waals surface area (Å²) in [6.07, 6.45) is 4.47. The molecule has 0 atom stereocenters. The van der Waals surface area contributed by atoms with Crippen LogP contribution in [0.2, 0.25) is 0 Å². The molecule has 8 heteroatoms. The lowest BCUT2D eigenvalue weighted by Gasteiger charge is -2.34. The molecule has 150 valence electrons. The van der Waals surface area contributed by atoms with Gasteiger partial charge in [-0.2, -0.15) is 9.40 Å². The van der Waals surface area contributed by atoms with Gasteiger partial charge in [-0.1, -0.05) is 18.2 Å². The van der Waals surface area contributed by atoms with Crippen LogP contribution in [-0.4, -0.2) is 61.5 Å². The zero-order chi connectivity index (χ0) is 19.4. The fourth-order valence-corrected chi connectivity index (χ4v) is 5.01. The SMILES string of the molecule is O=S(=O)(CCOc1ccccc1)N1CCN(c2cc3c(nn2)CCCC3)CC1. The summed E-state index contributed by atoms with van der Waals surface area (Å²) in [5.41, 5.74) is 2.42. The first-order chi connectivity index (χ1) is 13.6. The van der Waals surface area contributed by atoms with Crippen molar-refractivity contribution in [2.45, 2.75) is 25.7 Å². The first-order valence-corrected chi connectivity index (χ1v) is 11.5. The van der Waals surface area contributed by atoms with Crippen molar-refractivity contribution in [1.29, 1.82) is 0 Å². The van der Waals surface area contributed by atoms with Crippen LogP contribution in [0.5, 0.6) is 5.75 Å². The van der Waals surface area contributed by atoms with E-state index in [4.69, 9.17) is 4.74 Å². The second-order valence-electron chi connectivity index (χ2n) is 7.25. The molecule has 7 nitrogen and oxygen atoms in total. The highest BCUT2D eigenvalue weighted by Crippen LogP contribution is 2.23. The molecule has 1 aromatic carbocycles. The third-order valence-corrected chi connectivity index (χ3v) is 7.20. The van der Waals surface area contributed by atoms with Gasteiger partial charge in [0, 0.05) is 26.2 Å². The topological polar surface area (TPSA) is 75.6 Å². The Balaban J connectivity index is 1.30. The number of anilines is 1. The van der Waals surface area contributed by atoms with Crippen molar-refractivity contribution < 1.29 is 13.2 Å². The van der Waals surface area contributed by atoms with Gasteiger partial charge < -0.3 is 9.64 Å². The van der Waals surface area contributed by atoms with E-state index in [1.165, 1.54) is 18.4 Å². The molecule has 1 aliphatic heterocycles. The number of nitrogens with zero attached hydrogens (tertiary/aromatic N) is 4. The van der Waals surface area contributed by atoms with Gasteiger partial charge in [0.15, 0.2) is 5.82 Å². The molecule has 4 rings (SSSR count). The first-order valence-electron chi connectivity index (χ1n) is 9.88. The Kier molecular flexibility index (Phi) is 5.77. The van der Waals surface area contributed by atoms with Gasteiger partial charge in [-0.25, -0.2) is 8.42 Å². The molecular weight excluding hydrogens is 376 g/mol. The maximum Gasteiger partial charge on any atom is 0.217 e. The summed E-state index contributed by atoms with van der Waals surface area (Å²) >= 11 is 0. The molecule has 0 radical (unpaired) electrons. The van der Waals surface area contributed by atoms with Gasteiger partial charge in [-0.3, -0.25) is 0 Å². The van der Waals surface area contributed by atoms with E-state index in [1.54, 1.807) is 4.31 Å². The van der Waals surface area contributed by atoms with Crippen LogP contribution in [0.15, 0.2) is 36.4 Å². The first kappa shape index (κ1) is 19.1. The van der Waals surface area contributed by atoms with Crippen LogP contribution in [-0.2, 0) is 22.9 Å². The fourth-order valence-electron chi connectivity index (χ4n) is 3.74. The average molecular weight is 403 g/mol. The number of ether oxygens (including phenoxy) is 1. The molecule has 0 spiro atoms. The minimum atomic E-state index is -3.33. The van der Waals surface area contributed by atoms with Gasteiger partial charge in [0.25, 0.3) is 0 Å². The van der Waals surface area contributed by atoms with Crippen LogP contribution >= 0.6 is 0 Å². The van der Waals surface area contributed by atoms with Crippen LogP contribution in [0, 0.1) is 0 Å². The van der Waals surface area contributed by atoms with E-state index in [0.29, 0.717) is 31.9 Å². The number of benzene rings is 1. The molecule has 28 heavy (non-hydrogen) atoms. The highest BCUT2D eigenvalue weighted by Gasteiger charge is 2.28. The van der Waals surface area contributed by atoms with Gasteiger partial charge in [-0.05, 0) is 49.4 Å². The molecule has 0 saturated carbocycles. The van der Waals surface area contributed by atoms with Crippen LogP contribution < -0.4 is 9.64 Å². The average Bonchev–Trinajstić information content (AvgIpc) is 2.74. The third kappa shape index (κ3) is 4.44. The normalized spacial score (nSPS) is 17.9. The highest BCUT2D eigenvalue weighted by atomic mass is 32.2. The van der Waals surface area contributed by atoms with E-state index >= 15 is 0 Å². The Bertz CT molecular complexity index is 897. The van der Waals surface area contributed by atoms with E-state index in [-0.39, 0.29) is 12.4 Å². The van der Waals surface area contributed by atoms with Gasteiger partial charge in [0.2, 0.25) is 10.0 Å². The summed E-state index contributed by atoms with van der Waals surface area (Å²) in [6.45, 7) is 2.35. The van der Waals surface area contributed by atoms with Crippen molar-refractivity contribution >= 4 is 15.8 Å². The second kappa shape index (κ2) is 8.45. The summed E-state index contributed by atoms with van der Waals surface area (Å²) in [5.74, 6) is 1.54. The summed E-state index contributed by atoms with van der Waals surface area (Å²) < 4.78 is 32.3. The molecule has 1 aliphatic carbocycles. The molecule has 2 aromatic rings. The number of piperazine rings is 1. The highest BCUT2D eigenvalue weighted by molar-refractivity contribution is 7.89. The van der Waals surface area contributed by atoms with E-state index in [9.17, 15) is 8.42 Å². The van der Waals surface area contributed by atoms with Gasteiger partial charge in [0.1, 0.15) is 12.4 Å². The maximum absolute atomic E-state index is 12.6. The summed E-state index contributed by atoms with van der Waals surface area (Å²) in [6, 6.07) is 11.4. The number of sulfonamides is 1. The summed E-state index contributed by atoms with van der Waals surface area (Å²) in [4.78, 5) is 2.13. The van der Waals surface area contributed by atoms with Crippen LogP contribution in [0.4, 0.5) is 5.82 Å². The van der Waals surface area contributed by atoms with Crippen molar-refractivity contribution in [3.8, 4) is 5.75 Å². The molecule has 0 unspecified atom stereocenters. The summed E-state index contributed by atoms with van der Waals surface area (Å²) in [5, 5.41) is 8.77. The summed E-state index contributed by atoms with van der Waals surface area (Å²) in [7, 11) is -3.33. The van der Waals surface area contributed by atoms with Crippen molar-refractivity contribution in [3.05, 3.63) is 47.7 Å². The van der Waals surface area contributed by atoms with Gasteiger partial charge >= 0.3 is 0 Å². The molecule has 0 bridgehead atoms. The predicted molar refractivity (Wildman–Crippen MR) is 108 cm³/mol. The van der Waals surface area contributed by atoms with Crippen molar-refractivity contribution in [1.82, 2.24) is 14.5 Å². The number of para-hydroxylation sites is 1. The second-order valence-corrected chi connectivity index (χ2v) is 9.33. The Labute approximate surface area is 166 Å².